The molecule has 2 rings (SSSR count). The number of hydrogen-bond donors (Lipinski definition) is 2. The van der Waals surface area contributed by atoms with Crippen molar-refractivity contribution in [2.24, 2.45) is 16.6 Å². The van der Waals surface area contributed by atoms with Gasteiger partial charge in [-0.25, -0.2) is 0 Å². The molecule has 0 radical (unpaired) electrons. The van der Waals surface area contributed by atoms with E-state index in [-0.39, 0.29) is 5.91 Å². The van der Waals surface area contributed by atoms with Crippen molar-refractivity contribution in [1.29, 1.82) is 0 Å². The van der Waals surface area contributed by atoms with E-state index in [0.717, 1.165) is 25.8 Å². The van der Waals surface area contributed by atoms with E-state index in [9.17, 15) is 4.79 Å². The Morgan fingerprint density at radius 2 is 2.00 bits per heavy atom. The summed E-state index contributed by atoms with van der Waals surface area (Å²) in [5.41, 5.74) is 5.50. The molecule has 0 aliphatic heterocycles. The fourth-order valence-electron chi connectivity index (χ4n) is 1.98. The Balaban J connectivity index is 1.86. The van der Waals surface area contributed by atoms with E-state index in [1.807, 2.05) is 0 Å². The summed E-state index contributed by atoms with van der Waals surface area (Å²) in [5.74, 6) is 0.0507. The molecule has 84 valence electrons. The molecule has 15 heavy (non-hydrogen) atoms. The second kappa shape index (κ2) is 3.44. The first-order valence-corrected chi connectivity index (χ1v) is 6.04. The van der Waals surface area contributed by atoms with Gasteiger partial charge in [-0.2, -0.15) is 0 Å². The Labute approximate surface area is 95.8 Å². The Morgan fingerprint density at radius 1 is 1.40 bits per heavy atom. The summed E-state index contributed by atoms with van der Waals surface area (Å²) < 4.78 is 0. The summed E-state index contributed by atoms with van der Waals surface area (Å²) in [6.07, 6.45) is 5.28. The average molecular weight is 226 g/mol. The minimum absolute atomic E-state index is 0.0507. The first-order chi connectivity index (χ1) is 7.05. The van der Waals surface area contributed by atoms with Crippen LogP contribution in [0.2, 0.25) is 0 Å². The SMILES string of the molecule is CCC1(CNC(=O)C2(C(N)=S)CC2)CC1. The Kier molecular flexibility index (Phi) is 2.49. The summed E-state index contributed by atoms with van der Waals surface area (Å²) >= 11 is 4.94. The number of carbonyl (C=O) groups is 1. The van der Waals surface area contributed by atoms with Crippen LogP contribution < -0.4 is 11.1 Å². The minimum Gasteiger partial charge on any atom is -0.392 e. The monoisotopic (exact) mass is 226 g/mol. The van der Waals surface area contributed by atoms with Crippen LogP contribution in [0.3, 0.4) is 0 Å². The van der Waals surface area contributed by atoms with Gasteiger partial charge in [0.1, 0.15) is 0 Å². The lowest BCUT2D eigenvalue weighted by molar-refractivity contribution is -0.124. The molecule has 0 bridgehead atoms. The quantitative estimate of drug-likeness (QED) is 0.696. The molecule has 4 heteroatoms. The number of amides is 1. The molecule has 0 atom stereocenters. The fourth-order valence-corrected chi connectivity index (χ4v) is 2.28. The zero-order valence-electron chi connectivity index (χ0n) is 9.14. The molecular weight excluding hydrogens is 208 g/mol. The highest BCUT2D eigenvalue weighted by atomic mass is 32.1. The van der Waals surface area contributed by atoms with Gasteiger partial charge in [0.2, 0.25) is 5.91 Å². The molecular formula is C11H18N2OS. The normalized spacial score (nSPS) is 24.3. The largest absolute Gasteiger partial charge is 0.392 e. The van der Waals surface area contributed by atoms with Crippen LogP contribution in [0.5, 0.6) is 0 Å². The lowest BCUT2D eigenvalue weighted by Gasteiger charge is -2.17. The second-order valence-corrected chi connectivity index (χ2v) is 5.42. The molecule has 0 spiro atoms. The molecule has 1 amide bonds. The molecule has 3 N–H and O–H groups in total. The van der Waals surface area contributed by atoms with Crippen LogP contribution in [0.1, 0.15) is 39.0 Å². The summed E-state index contributed by atoms with van der Waals surface area (Å²) in [5, 5.41) is 3.01. The molecule has 3 nitrogen and oxygen atoms in total. The van der Waals surface area contributed by atoms with Gasteiger partial charge in [0.25, 0.3) is 0 Å². The zero-order chi connectivity index (χ0) is 11.1. The van der Waals surface area contributed by atoms with Gasteiger partial charge in [0.05, 0.1) is 10.4 Å². The third kappa shape index (κ3) is 1.87. The highest BCUT2D eigenvalue weighted by Crippen LogP contribution is 2.49. The predicted molar refractivity (Wildman–Crippen MR) is 63.4 cm³/mol. The van der Waals surface area contributed by atoms with Gasteiger partial charge < -0.3 is 11.1 Å². The van der Waals surface area contributed by atoms with Gasteiger partial charge in [0.15, 0.2) is 0 Å². The second-order valence-electron chi connectivity index (χ2n) is 4.98. The Morgan fingerprint density at radius 3 is 2.33 bits per heavy atom. The molecule has 0 aromatic carbocycles. The van der Waals surface area contributed by atoms with Crippen LogP contribution in [0.4, 0.5) is 0 Å². The maximum Gasteiger partial charge on any atom is 0.233 e. The van der Waals surface area contributed by atoms with Gasteiger partial charge in [-0.05, 0) is 37.5 Å². The lowest BCUT2D eigenvalue weighted by Crippen LogP contribution is -2.41. The number of rotatable bonds is 5. The van der Waals surface area contributed by atoms with Gasteiger partial charge in [-0.3, -0.25) is 4.79 Å². The molecule has 2 aliphatic carbocycles. The first kappa shape index (κ1) is 10.9. The number of hydrogen-bond acceptors (Lipinski definition) is 2. The van der Waals surface area contributed by atoms with Crippen molar-refractivity contribution in [3.63, 3.8) is 0 Å². The maximum atomic E-state index is 11.9. The number of thiocarbonyl (C=S) groups is 1. The number of carbonyl (C=O) groups excluding carboxylic acids is 1. The fraction of sp³-hybridized carbons (Fsp3) is 0.818. The first-order valence-electron chi connectivity index (χ1n) is 5.63. The summed E-state index contributed by atoms with van der Waals surface area (Å²) in [7, 11) is 0. The van der Waals surface area contributed by atoms with Crippen molar-refractivity contribution in [3.05, 3.63) is 0 Å². The van der Waals surface area contributed by atoms with Crippen LogP contribution in [0, 0.1) is 10.8 Å². The van der Waals surface area contributed by atoms with Crippen molar-refractivity contribution in [2.75, 3.05) is 6.54 Å². The van der Waals surface area contributed by atoms with Gasteiger partial charge in [-0.15, -0.1) is 0 Å². The van der Waals surface area contributed by atoms with E-state index in [4.69, 9.17) is 18.0 Å². The summed E-state index contributed by atoms with van der Waals surface area (Å²) in [6.45, 7) is 2.98. The third-order valence-corrected chi connectivity index (χ3v) is 4.38. The average Bonchev–Trinajstić information content (AvgIpc) is 3.09. The van der Waals surface area contributed by atoms with Crippen molar-refractivity contribution in [3.8, 4) is 0 Å². The molecule has 2 aliphatic rings. The Hall–Kier alpha value is -0.640. The van der Waals surface area contributed by atoms with E-state index < -0.39 is 5.41 Å². The van der Waals surface area contributed by atoms with E-state index in [1.165, 1.54) is 12.8 Å². The van der Waals surface area contributed by atoms with Crippen LogP contribution in [-0.4, -0.2) is 17.4 Å². The van der Waals surface area contributed by atoms with Crippen molar-refractivity contribution in [2.45, 2.75) is 39.0 Å². The standard InChI is InChI=1S/C11H18N2OS/c1-2-10(3-4-10)7-13-9(14)11(5-6-11)8(12)15/h2-7H2,1H3,(H2,12,15)(H,13,14). The maximum absolute atomic E-state index is 11.9. The molecule has 0 aromatic rings. The van der Waals surface area contributed by atoms with E-state index in [2.05, 4.69) is 12.2 Å². The lowest BCUT2D eigenvalue weighted by atomic mass is 10.0. The van der Waals surface area contributed by atoms with Crippen LogP contribution in [0.15, 0.2) is 0 Å². The summed E-state index contributed by atoms with van der Waals surface area (Å²) in [6, 6.07) is 0. The molecule has 0 unspecified atom stereocenters. The predicted octanol–water partition coefficient (Wildman–Crippen LogP) is 1.36. The van der Waals surface area contributed by atoms with Crippen LogP contribution in [0.25, 0.3) is 0 Å². The smallest absolute Gasteiger partial charge is 0.233 e. The Bertz CT molecular complexity index is 306. The van der Waals surface area contributed by atoms with Crippen molar-refractivity contribution in [1.82, 2.24) is 5.32 Å². The van der Waals surface area contributed by atoms with Crippen molar-refractivity contribution < 1.29 is 4.79 Å². The number of nitrogens with two attached hydrogens (primary N) is 1. The molecule has 2 fully saturated rings. The highest BCUT2D eigenvalue weighted by Gasteiger charge is 2.53. The van der Waals surface area contributed by atoms with E-state index in [0.29, 0.717) is 10.4 Å². The third-order valence-electron chi connectivity index (χ3n) is 3.99. The number of nitrogens with one attached hydrogen (secondary N) is 1. The molecule has 0 heterocycles. The van der Waals surface area contributed by atoms with Gasteiger partial charge >= 0.3 is 0 Å². The van der Waals surface area contributed by atoms with Crippen LogP contribution >= 0.6 is 12.2 Å². The van der Waals surface area contributed by atoms with Gasteiger partial charge in [-0.1, -0.05) is 19.1 Å². The van der Waals surface area contributed by atoms with Gasteiger partial charge in [0, 0.05) is 6.54 Å². The minimum atomic E-state index is -0.487. The van der Waals surface area contributed by atoms with E-state index >= 15 is 0 Å². The van der Waals surface area contributed by atoms with Crippen LogP contribution in [-0.2, 0) is 4.79 Å². The highest BCUT2D eigenvalue weighted by molar-refractivity contribution is 7.80. The molecule has 0 aromatic heterocycles. The molecule has 0 saturated heterocycles. The topological polar surface area (TPSA) is 55.1 Å². The van der Waals surface area contributed by atoms with E-state index in [1.54, 1.807) is 0 Å². The molecule has 2 saturated carbocycles. The zero-order valence-corrected chi connectivity index (χ0v) is 9.95. The summed E-state index contributed by atoms with van der Waals surface area (Å²) in [4.78, 5) is 12.2. The van der Waals surface area contributed by atoms with Crippen molar-refractivity contribution >= 4 is 23.1 Å².